The number of carbonyl (C=O) groups is 2. The molecule has 0 spiro atoms. The van der Waals surface area contributed by atoms with Crippen LogP contribution in [0.25, 0.3) is 10.2 Å². The van der Waals surface area contributed by atoms with Crippen LogP contribution in [-0.2, 0) is 16.1 Å². The van der Waals surface area contributed by atoms with Crippen LogP contribution >= 0.6 is 11.3 Å². The fraction of sp³-hybridized carbons (Fsp3) is 0.192. The SMILES string of the molecule is CCOC(=O)Cn1c(=NC(=O)c2ccc(Oc3ccccc3)cc2)sc2cc(OCC)ccc21. The van der Waals surface area contributed by atoms with Gasteiger partial charge in [0.1, 0.15) is 23.8 Å². The van der Waals surface area contributed by atoms with Gasteiger partial charge in [-0.05, 0) is 68.4 Å². The highest BCUT2D eigenvalue weighted by Crippen LogP contribution is 2.24. The number of thiazole rings is 1. The minimum atomic E-state index is -0.416. The van der Waals surface area contributed by atoms with E-state index >= 15 is 0 Å². The Bertz CT molecular complexity index is 1360. The van der Waals surface area contributed by atoms with Crippen LogP contribution in [0.15, 0.2) is 77.8 Å². The topological polar surface area (TPSA) is 79.1 Å². The van der Waals surface area contributed by atoms with Crippen LogP contribution in [0.3, 0.4) is 0 Å². The Balaban J connectivity index is 1.65. The lowest BCUT2D eigenvalue weighted by Gasteiger charge is -2.06. The van der Waals surface area contributed by atoms with Gasteiger partial charge in [-0.1, -0.05) is 29.5 Å². The average Bonchev–Trinajstić information content (AvgIpc) is 3.16. The molecule has 0 atom stereocenters. The molecular formula is C26H24N2O5S. The molecule has 1 amide bonds. The first-order valence-electron chi connectivity index (χ1n) is 10.9. The van der Waals surface area contributed by atoms with Gasteiger partial charge >= 0.3 is 5.97 Å². The van der Waals surface area contributed by atoms with Crippen molar-refractivity contribution >= 4 is 33.4 Å². The van der Waals surface area contributed by atoms with E-state index in [9.17, 15) is 9.59 Å². The third-order valence-corrected chi connectivity index (χ3v) is 5.88. The number of aromatic nitrogens is 1. The number of amides is 1. The lowest BCUT2D eigenvalue weighted by Crippen LogP contribution is -2.23. The number of hydrogen-bond acceptors (Lipinski definition) is 6. The summed E-state index contributed by atoms with van der Waals surface area (Å²) >= 11 is 1.31. The highest BCUT2D eigenvalue weighted by Gasteiger charge is 2.14. The molecule has 0 bridgehead atoms. The number of carbonyl (C=O) groups excluding carboxylic acids is 2. The fourth-order valence-electron chi connectivity index (χ4n) is 3.33. The van der Waals surface area contributed by atoms with Crippen LogP contribution in [0.5, 0.6) is 17.2 Å². The van der Waals surface area contributed by atoms with Crippen molar-refractivity contribution in [2.45, 2.75) is 20.4 Å². The number of rotatable bonds is 8. The van der Waals surface area contributed by atoms with E-state index in [0.29, 0.717) is 34.2 Å². The van der Waals surface area contributed by atoms with Gasteiger partial charge in [0.25, 0.3) is 5.91 Å². The molecule has 0 aliphatic rings. The first kappa shape index (κ1) is 23.3. The smallest absolute Gasteiger partial charge is 0.326 e. The van der Waals surface area contributed by atoms with Crippen LogP contribution in [0.4, 0.5) is 0 Å². The summed E-state index contributed by atoms with van der Waals surface area (Å²) in [6, 6.07) is 21.8. The van der Waals surface area contributed by atoms with Crippen LogP contribution < -0.4 is 14.3 Å². The molecule has 4 rings (SSSR count). The Morgan fingerprint density at radius 1 is 0.882 bits per heavy atom. The molecule has 34 heavy (non-hydrogen) atoms. The number of esters is 1. The number of para-hydroxylation sites is 1. The van der Waals surface area contributed by atoms with Crippen molar-refractivity contribution in [1.29, 1.82) is 0 Å². The van der Waals surface area contributed by atoms with Gasteiger partial charge in [0.15, 0.2) is 4.80 Å². The van der Waals surface area contributed by atoms with E-state index in [1.165, 1.54) is 11.3 Å². The largest absolute Gasteiger partial charge is 0.494 e. The summed E-state index contributed by atoms with van der Waals surface area (Å²) in [4.78, 5) is 29.9. The fourth-order valence-corrected chi connectivity index (χ4v) is 4.38. The zero-order chi connectivity index (χ0) is 23.9. The second kappa shape index (κ2) is 10.8. The van der Waals surface area contributed by atoms with E-state index in [0.717, 1.165) is 10.2 Å². The highest BCUT2D eigenvalue weighted by atomic mass is 32.1. The van der Waals surface area contributed by atoms with Crippen molar-refractivity contribution in [3.05, 3.63) is 83.2 Å². The highest BCUT2D eigenvalue weighted by molar-refractivity contribution is 7.16. The number of fused-ring (bicyclic) bond motifs is 1. The van der Waals surface area contributed by atoms with Gasteiger partial charge in [-0.3, -0.25) is 9.59 Å². The minimum absolute atomic E-state index is 0.0439. The van der Waals surface area contributed by atoms with Crippen molar-refractivity contribution in [2.75, 3.05) is 13.2 Å². The Hall–Kier alpha value is -3.91. The van der Waals surface area contributed by atoms with Crippen molar-refractivity contribution in [3.63, 3.8) is 0 Å². The first-order valence-corrected chi connectivity index (χ1v) is 11.7. The van der Waals surface area contributed by atoms with Crippen LogP contribution in [-0.4, -0.2) is 29.7 Å². The van der Waals surface area contributed by atoms with Crippen molar-refractivity contribution in [2.24, 2.45) is 4.99 Å². The van der Waals surface area contributed by atoms with E-state index in [4.69, 9.17) is 14.2 Å². The van der Waals surface area contributed by atoms with E-state index in [-0.39, 0.29) is 13.2 Å². The van der Waals surface area contributed by atoms with Crippen molar-refractivity contribution in [3.8, 4) is 17.2 Å². The second-order valence-electron chi connectivity index (χ2n) is 7.19. The molecule has 0 aliphatic heterocycles. The molecular weight excluding hydrogens is 452 g/mol. The van der Waals surface area contributed by atoms with Gasteiger partial charge in [0.2, 0.25) is 0 Å². The normalized spacial score (nSPS) is 11.4. The number of benzene rings is 3. The monoisotopic (exact) mass is 476 g/mol. The summed E-state index contributed by atoms with van der Waals surface area (Å²) < 4.78 is 19.0. The lowest BCUT2D eigenvalue weighted by molar-refractivity contribution is -0.143. The molecule has 3 aromatic carbocycles. The quantitative estimate of drug-likeness (QED) is 0.327. The summed E-state index contributed by atoms with van der Waals surface area (Å²) in [6.07, 6.45) is 0. The van der Waals surface area contributed by atoms with E-state index in [1.54, 1.807) is 35.8 Å². The lowest BCUT2D eigenvalue weighted by atomic mass is 10.2. The predicted octanol–water partition coefficient (Wildman–Crippen LogP) is 5.20. The Labute approximate surface area is 200 Å². The summed E-state index contributed by atoms with van der Waals surface area (Å²) in [7, 11) is 0. The summed E-state index contributed by atoms with van der Waals surface area (Å²) in [6.45, 7) is 4.44. The van der Waals surface area contributed by atoms with Gasteiger partial charge in [-0.15, -0.1) is 0 Å². The van der Waals surface area contributed by atoms with Crippen LogP contribution in [0.1, 0.15) is 24.2 Å². The molecule has 0 fully saturated rings. The predicted molar refractivity (Wildman–Crippen MR) is 130 cm³/mol. The molecule has 0 radical (unpaired) electrons. The van der Waals surface area contributed by atoms with Gasteiger partial charge in [-0.25, -0.2) is 0 Å². The molecule has 8 heteroatoms. The maximum atomic E-state index is 12.9. The van der Waals surface area contributed by atoms with Crippen molar-refractivity contribution < 1.29 is 23.8 Å². The molecule has 0 saturated heterocycles. The molecule has 0 N–H and O–H groups in total. The molecule has 0 unspecified atom stereocenters. The van der Waals surface area contributed by atoms with Crippen LogP contribution in [0, 0.1) is 0 Å². The maximum absolute atomic E-state index is 12.9. The molecule has 7 nitrogen and oxygen atoms in total. The second-order valence-corrected chi connectivity index (χ2v) is 8.20. The average molecular weight is 477 g/mol. The molecule has 1 heterocycles. The summed E-state index contributed by atoms with van der Waals surface area (Å²) in [5, 5.41) is 0. The van der Waals surface area contributed by atoms with Crippen molar-refractivity contribution in [1.82, 2.24) is 4.57 Å². The molecule has 4 aromatic rings. The van der Waals surface area contributed by atoms with Gasteiger partial charge < -0.3 is 18.8 Å². The Morgan fingerprint density at radius 3 is 2.29 bits per heavy atom. The minimum Gasteiger partial charge on any atom is -0.494 e. The third kappa shape index (κ3) is 5.52. The zero-order valence-electron chi connectivity index (χ0n) is 18.9. The third-order valence-electron chi connectivity index (χ3n) is 4.84. The Morgan fingerprint density at radius 2 is 1.59 bits per heavy atom. The standard InChI is InChI=1S/C26H24N2O5S/c1-3-31-21-14-15-22-23(16-21)34-26(28(22)17-24(29)32-4-2)27-25(30)18-10-12-20(13-11-18)33-19-8-6-5-7-9-19/h5-16H,3-4,17H2,1-2H3. The summed E-state index contributed by atoms with van der Waals surface area (Å²) in [5.74, 6) is 1.23. The van der Waals surface area contributed by atoms with E-state index < -0.39 is 11.9 Å². The molecule has 1 aromatic heterocycles. The van der Waals surface area contributed by atoms with E-state index in [1.807, 2.05) is 55.5 Å². The number of ether oxygens (including phenoxy) is 3. The Kier molecular flexibility index (Phi) is 7.39. The van der Waals surface area contributed by atoms with E-state index in [2.05, 4.69) is 4.99 Å². The number of nitrogens with zero attached hydrogens (tertiary/aromatic N) is 2. The summed E-state index contributed by atoms with van der Waals surface area (Å²) in [5.41, 5.74) is 1.19. The van der Waals surface area contributed by atoms with Gasteiger partial charge in [-0.2, -0.15) is 4.99 Å². The molecule has 174 valence electrons. The molecule has 0 aliphatic carbocycles. The van der Waals surface area contributed by atoms with Crippen LogP contribution in [0.2, 0.25) is 0 Å². The number of hydrogen-bond donors (Lipinski definition) is 0. The maximum Gasteiger partial charge on any atom is 0.326 e. The van der Waals surface area contributed by atoms with Gasteiger partial charge in [0.05, 0.1) is 23.4 Å². The van der Waals surface area contributed by atoms with Gasteiger partial charge in [0, 0.05) is 5.56 Å². The first-order chi connectivity index (χ1) is 16.6. The zero-order valence-corrected chi connectivity index (χ0v) is 19.7. The molecule has 0 saturated carbocycles.